The Morgan fingerprint density at radius 1 is 1.19 bits per heavy atom. The van der Waals surface area contributed by atoms with Crippen molar-refractivity contribution in [3.05, 3.63) is 36.1 Å². The third-order valence-electron chi connectivity index (χ3n) is 4.89. The molecule has 27 heavy (non-hydrogen) atoms. The van der Waals surface area contributed by atoms with E-state index in [1.54, 1.807) is 31.1 Å². The summed E-state index contributed by atoms with van der Waals surface area (Å²) in [7, 11) is 2.94. The van der Waals surface area contributed by atoms with Gasteiger partial charge in [0.05, 0.1) is 20.8 Å². The third-order valence-corrected chi connectivity index (χ3v) is 4.89. The van der Waals surface area contributed by atoms with Gasteiger partial charge in [0.2, 0.25) is 0 Å². The molecule has 0 spiro atoms. The minimum atomic E-state index is -1.00. The molecule has 6 heteroatoms. The van der Waals surface area contributed by atoms with E-state index in [0.29, 0.717) is 23.7 Å². The van der Waals surface area contributed by atoms with Crippen LogP contribution in [-0.4, -0.2) is 43.1 Å². The summed E-state index contributed by atoms with van der Waals surface area (Å²) in [5.41, 5.74) is -1.00. The number of methoxy groups -OCH3 is 2. The zero-order valence-electron chi connectivity index (χ0n) is 16.6. The van der Waals surface area contributed by atoms with Gasteiger partial charge in [0, 0.05) is 12.1 Å². The molecular formula is C21H29NO5. The van der Waals surface area contributed by atoms with Crippen LogP contribution in [0.3, 0.4) is 0 Å². The average Bonchev–Trinajstić information content (AvgIpc) is 3.05. The number of benzene rings is 1. The van der Waals surface area contributed by atoms with E-state index >= 15 is 0 Å². The van der Waals surface area contributed by atoms with Crippen LogP contribution >= 0.6 is 0 Å². The van der Waals surface area contributed by atoms with Gasteiger partial charge in [0.15, 0.2) is 0 Å². The molecule has 1 heterocycles. The lowest BCUT2D eigenvalue weighted by atomic mass is 9.92. The molecule has 0 saturated carbocycles. The minimum Gasteiger partial charge on any atom is -0.497 e. The van der Waals surface area contributed by atoms with Crippen molar-refractivity contribution in [3.8, 4) is 11.5 Å². The van der Waals surface area contributed by atoms with E-state index in [4.69, 9.17) is 14.2 Å². The molecule has 0 aliphatic carbocycles. The molecule has 2 rings (SSSR count). The summed E-state index contributed by atoms with van der Waals surface area (Å²) < 4.78 is 16.0. The maximum atomic E-state index is 12.6. The van der Waals surface area contributed by atoms with E-state index in [1.165, 1.54) is 13.2 Å². The molecule has 1 atom stereocenters. The fourth-order valence-electron chi connectivity index (χ4n) is 3.25. The first-order valence-corrected chi connectivity index (χ1v) is 9.37. The zero-order valence-corrected chi connectivity index (χ0v) is 16.6. The van der Waals surface area contributed by atoms with E-state index in [2.05, 4.69) is 6.92 Å². The van der Waals surface area contributed by atoms with E-state index in [1.807, 2.05) is 12.1 Å². The summed E-state index contributed by atoms with van der Waals surface area (Å²) in [6, 6.07) is 7.17. The first-order valence-electron chi connectivity index (χ1n) is 9.37. The molecule has 0 N–H and O–H groups in total. The quantitative estimate of drug-likeness (QED) is 0.461. The zero-order chi connectivity index (χ0) is 19.9. The Hall–Kier alpha value is -2.50. The molecule has 0 saturated heterocycles. The lowest BCUT2D eigenvalue weighted by molar-refractivity contribution is -0.159. The van der Waals surface area contributed by atoms with Gasteiger partial charge in [0.25, 0.3) is 5.91 Å². The predicted octanol–water partition coefficient (Wildman–Crippen LogP) is 3.70. The number of ether oxygens (including phenoxy) is 3. The van der Waals surface area contributed by atoms with Crippen molar-refractivity contribution in [1.82, 2.24) is 4.90 Å². The Balaban J connectivity index is 2.10. The van der Waals surface area contributed by atoms with Gasteiger partial charge in [-0.05, 0) is 25.5 Å². The van der Waals surface area contributed by atoms with Gasteiger partial charge in [-0.3, -0.25) is 4.79 Å². The highest BCUT2D eigenvalue weighted by molar-refractivity contribution is 5.96. The Morgan fingerprint density at radius 3 is 2.59 bits per heavy atom. The van der Waals surface area contributed by atoms with Gasteiger partial charge >= 0.3 is 5.97 Å². The van der Waals surface area contributed by atoms with Crippen LogP contribution in [0.15, 0.2) is 36.1 Å². The first kappa shape index (κ1) is 20.8. The van der Waals surface area contributed by atoms with Crippen LogP contribution in [0.1, 0.15) is 46.0 Å². The number of unbranched alkanes of at least 4 members (excludes halogenated alkanes) is 3. The largest absolute Gasteiger partial charge is 0.497 e. The van der Waals surface area contributed by atoms with Crippen molar-refractivity contribution in [2.75, 3.05) is 20.8 Å². The summed E-state index contributed by atoms with van der Waals surface area (Å²) in [4.78, 5) is 26.6. The first-order chi connectivity index (χ1) is 12.9. The van der Waals surface area contributed by atoms with Gasteiger partial charge < -0.3 is 19.1 Å². The fourth-order valence-corrected chi connectivity index (χ4v) is 3.25. The summed E-state index contributed by atoms with van der Waals surface area (Å²) >= 11 is 0. The van der Waals surface area contributed by atoms with Crippen LogP contribution in [0.4, 0.5) is 0 Å². The van der Waals surface area contributed by atoms with Gasteiger partial charge in [-0.15, -0.1) is 0 Å². The highest BCUT2D eigenvalue weighted by Gasteiger charge is 2.45. The highest BCUT2D eigenvalue weighted by Crippen LogP contribution is 2.30. The molecule has 0 radical (unpaired) electrons. The second-order valence-corrected chi connectivity index (χ2v) is 6.89. The van der Waals surface area contributed by atoms with Crippen molar-refractivity contribution in [3.63, 3.8) is 0 Å². The number of rotatable bonds is 10. The van der Waals surface area contributed by atoms with Crippen LogP contribution in [0.2, 0.25) is 0 Å². The summed E-state index contributed by atoms with van der Waals surface area (Å²) in [5, 5.41) is 0. The van der Waals surface area contributed by atoms with Crippen molar-refractivity contribution in [1.29, 1.82) is 0 Å². The highest BCUT2D eigenvalue weighted by atomic mass is 16.5. The molecule has 6 nitrogen and oxygen atoms in total. The lowest BCUT2D eigenvalue weighted by Crippen LogP contribution is -2.54. The molecule has 0 bridgehead atoms. The summed E-state index contributed by atoms with van der Waals surface area (Å²) in [5.74, 6) is 1.11. The number of carbonyl (C=O) groups excluding carboxylic acids is 2. The second-order valence-electron chi connectivity index (χ2n) is 6.89. The number of amides is 1. The Kier molecular flexibility index (Phi) is 7.28. The number of carbonyl (C=O) groups is 2. The van der Waals surface area contributed by atoms with Crippen LogP contribution < -0.4 is 9.47 Å². The molecule has 1 unspecified atom stereocenters. The van der Waals surface area contributed by atoms with Crippen molar-refractivity contribution in [2.24, 2.45) is 0 Å². The molecular weight excluding hydrogens is 346 g/mol. The third kappa shape index (κ3) is 5.02. The van der Waals surface area contributed by atoms with E-state index in [0.717, 1.165) is 25.7 Å². The topological polar surface area (TPSA) is 65.1 Å². The second kappa shape index (κ2) is 9.44. The van der Waals surface area contributed by atoms with Crippen molar-refractivity contribution < 1.29 is 23.8 Å². The normalized spacial score (nSPS) is 15.9. The lowest BCUT2D eigenvalue weighted by Gasteiger charge is -2.36. The maximum Gasteiger partial charge on any atom is 0.331 e. The van der Waals surface area contributed by atoms with Crippen LogP contribution in [0.5, 0.6) is 11.5 Å². The standard InChI is InChI=1S/C21H29NO5/c1-5-6-7-8-12-21(2,20(24)26-4)22-15-18(14-19(22)23)27-17-11-9-10-16(13-17)25-3/h9-11,13-14H,5-8,12,15H2,1-4H3. The van der Waals surface area contributed by atoms with E-state index in [9.17, 15) is 9.59 Å². The molecule has 1 aliphatic rings. The monoisotopic (exact) mass is 375 g/mol. The SMILES string of the molecule is CCCCCCC(C)(C(=O)OC)N1CC(Oc2cccc(OC)c2)=CC1=O. The Labute approximate surface area is 161 Å². The molecule has 0 aromatic heterocycles. The molecule has 1 amide bonds. The van der Waals surface area contributed by atoms with Gasteiger partial charge in [-0.25, -0.2) is 4.79 Å². The molecule has 1 aromatic carbocycles. The number of esters is 1. The minimum absolute atomic E-state index is 0.232. The van der Waals surface area contributed by atoms with Gasteiger partial charge in [-0.1, -0.05) is 38.7 Å². The van der Waals surface area contributed by atoms with E-state index < -0.39 is 11.5 Å². The molecule has 1 aromatic rings. The fraction of sp³-hybridized carbons (Fsp3) is 0.524. The number of hydrogen-bond acceptors (Lipinski definition) is 5. The Morgan fingerprint density at radius 2 is 1.93 bits per heavy atom. The summed E-state index contributed by atoms with van der Waals surface area (Å²) in [6.45, 7) is 4.13. The van der Waals surface area contributed by atoms with E-state index in [-0.39, 0.29) is 12.5 Å². The maximum absolute atomic E-state index is 12.6. The van der Waals surface area contributed by atoms with Crippen molar-refractivity contribution in [2.45, 2.75) is 51.5 Å². The molecule has 0 fully saturated rings. The van der Waals surface area contributed by atoms with Gasteiger partial charge in [-0.2, -0.15) is 0 Å². The van der Waals surface area contributed by atoms with Crippen LogP contribution in [0.25, 0.3) is 0 Å². The summed E-state index contributed by atoms with van der Waals surface area (Å²) in [6.07, 6.45) is 6.09. The molecule has 148 valence electrons. The number of hydrogen-bond donors (Lipinski definition) is 0. The smallest absolute Gasteiger partial charge is 0.331 e. The number of nitrogens with zero attached hydrogens (tertiary/aromatic N) is 1. The van der Waals surface area contributed by atoms with Gasteiger partial charge in [0.1, 0.15) is 22.8 Å². The van der Waals surface area contributed by atoms with Crippen LogP contribution in [-0.2, 0) is 14.3 Å². The molecule has 1 aliphatic heterocycles. The average molecular weight is 375 g/mol. The van der Waals surface area contributed by atoms with Crippen molar-refractivity contribution >= 4 is 11.9 Å². The predicted molar refractivity (Wildman–Crippen MR) is 103 cm³/mol. The Bertz CT molecular complexity index is 700. The van der Waals surface area contributed by atoms with Crippen LogP contribution in [0, 0.1) is 0 Å².